The largest absolute Gasteiger partial charge is 0.465 e. The Bertz CT molecular complexity index is 1320. The summed E-state index contributed by atoms with van der Waals surface area (Å²) in [7, 11) is 1.89. The van der Waals surface area contributed by atoms with Crippen LogP contribution in [0.1, 0.15) is 17.2 Å². The van der Waals surface area contributed by atoms with Gasteiger partial charge in [-0.2, -0.15) is 0 Å². The minimum atomic E-state index is -1.28. The number of amides is 2. The summed E-state index contributed by atoms with van der Waals surface area (Å²) in [5.74, 6) is -0.0821. The lowest BCUT2D eigenvalue weighted by Crippen LogP contribution is -2.36. The van der Waals surface area contributed by atoms with E-state index in [1.54, 1.807) is 36.4 Å². The standard InChI is InChI=1S/C23H22N6O3/c1-13-10-15(27-22(30)19(28-23(31)32)14-6-4-3-5-7-14)8-9-16(13)17-11-29(2)21-18(17)20(24)25-12-26-21/h3-12,19,28H,1-2H3,(H,27,30)(H,31,32)(H2,24,25,26). The summed E-state index contributed by atoms with van der Waals surface area (Å²) in [5, 5.41) is 15.0. The van der Waals surface area contributed by atoms with Gasteiger partial charge in [-0.1, -0.05) is 36.4 Å². The molecular weight excluding hydrogens is 408 g/mol. The molecule has 32 heavy (non-hydrogen) atoms. The van der Waals surface area contributed by atoms with E-state index in [-0.39, 0.29) is 0 Å². The molecule has 162 valence electrons. The van der Waals surface area contributed by atoms with Crippen LogP contribution in [-0.4, -0.2) is 31.6 Å². The zero-order chi connectivity index (χ0) is 22.8. The van der Waals surface area contributed by atoms with Crippen LogP contribution in [0.5, 0.6) is 0 Å². The first-order chi connectivity index (χ1) is 15.3. The number of nitrogens with zero attached hydrogens (tertiary/aromatic N) is 3. The van der Waals surface area contributed by atoms with E-state index in [0.29, 0.717) is 17.1 Å². The highest BCUT2D eigenvalue weighted by Crippen LogP contribution is 2.35. The predicted molar refractivity (Wildman–Crippen MR) is 122 cm³/mol. The quantitative estimate of drug-likeness (QED) is 0.383. The van der Waals surface area contributed by atoms with Gasteiger partial charge in [0.05, 0.1) is 5.39 Å². The zero-order valence-electron chi connectivity index (χ0n) is 17.5. The number of anilines is 2. The Morgan fingerprint density at radius 3 is 2.53 bits per heavy atom. The molecule has 0 bridgehead atoms. The molecule has 2 aromatic carbocycles. The number of aryl methyl sites for hydroxylation is 2. The number of nitrogen functional groups attached to an aromatic ring is 1. The predicted octanol–water partition coefficient (Wildman–Crippen LogP) is 3.47. The van der Waals surface area contributed by atoms with Crippen molar-refractivity contribution in [3.05, 3.63) is 72.2 Å². The average molecular weight is 430 g/mol. The molecule has 1 atom stereocenters. The third-order valence-electron chi connectivity index (χ3n) is 5.23. The van der Waals surface area contributed by atoms with Gasteiger partial charge in [0.25, 0.3) is 5.91 Å². The van der Waals surface area contributed by atoms with E-state index in [0.717, 1.165) is 27.7 Å². The van der Waals surface area contributed by atoms with Crippen LogP contribution < -0.4 is 16.4 Å². The van der Waals surface area contributed by atoms with E-state index in [9.17, 15) is 9.59 Å². The fourth-order valence-corrected chi connectivity index (χ4v) is 3.77. The number of rotatable bonds is 5. The smallest absolute Gasteiger partial charge is 0.405 e. The highest BCUT2D eigenvalue weighted by molar-refractivity contribution is 6.02. The molecule has 0 aliphatic heterocycles. The minimum absolute atomic E-state index is 0.396. The van der Waals surface area contributed by atoms with Gasteiger partial charge in [0.15, 0.2) is 0 Å². The fourth-order valence-electron chi connectivity index (χ4n) is 3.77. The summed E-state index contributed by atoms with van der Waals surface area (Å²) in [6.45, 7) is 1.92. The van der Waals surface area contributed by atoms with Gasteiger partial charge in [-0.3, -0.25) is 4.79 Å². The molecule has 5 N–H and O–H groups in total. The SMILES string of the molecule is Cc1cc(NC(=O)C(NC(=O)O)c2ccccc2)ccc1-c1cn(C)c2ncnc(N)c12. The molecule has 9 nitrogen and oxygen atoms in total. The van der Waals surface area contributed by atoms with Crippen molar-refractivity contribution in [1.29, 1.82) is 0 Å². The number of hydrogen-bond acceptors (Lipinski definition) is 5. The normalized spacial score (nSPS) is 11.8. The van der Waals surface area contributed by atoms with Crippen molar-refractivity contribution in [2.45, 2.75) is 13.0 Å². The summed E-state index contributed by atoms with van der Waals surface area (Å²) >= 11 is 0. The van der Waals surface area contributed by atoms with Crippen molar-refractivity contribution in [2.75, 3.05) is 11.1 Å². The molecule has 1 unspecified atom stereocenters. The van der Waals surface area contributed by atoms with E-state index in [2.05, 4.69) is 20.6 Å². The maximum atomic E-state index is 12.9. The van der Waals surface area contributed by atoms with Gasteiger partial charge in [-0.15, -0.1) is 0 Å². The lowest BCUT2D eigenvalue weighted by atomic mass is 10.00. The Labute approximate surface area is 183 Å². The summed E-state index contributed by atoms with van der Waals surface area (Å²) in [5.41, 5.74) is 10.7. The summed E-state index contributed by atoms with van der Waals surface area (Å²) in [6.07, 6.45) is 2.09. The molecule has 0 aliphatic carbocycles. The first-order valence-corrected chi connectivity index (χ1v) is 9.87. The number of nitrogens with one attached hydrogen (secondary N) is 2. The maximum Gasteiger partial charge on any atom is 0.405 e. The van der Waals surface area contributed by atoms with Crippen LogP contribution in [0.3, 0.4) is 0 Å². The monoisotopic (exact) mass is 430 g/mol. The van der Waals surface area contributed by atoms with E-state index >= 15 is 0 Å². The van der Waals surface area contributed by atoms with Gasteiger partial charge < -0.3 is 26.0 Å². The Morgan fingerprint density at radius 2 is 1.84 bits per heavy atom. The highest BCUT2D eigenvalue weighted by atomic mass is 16.4. The van der Waals surface area contributed by atoms with E-state index in [4.69, 9.17) is 10.8 Å². The van der Waals surface area contributed by atoms with Crippen molar-refractivity contribution < 1.29 is 14.7 Å². The molecular formula is C23H22N6O3. The molecule has 0 fully saturated rings. The first kappa shape index (κ1) is 20.9. The average Bonchev–Trinajstić information content (AvgIpc) is 3.10. The third kappa shape index (κ3) is 3.95. The van der Waals surface area contributed by atoms with Crippen molar-refractivity contribution in [1.82, 2.24) is 19.9 Å². The van der Waals surface area contributed by atoms with Crippen LogP contribution in [0.4, 0.5) is 16.3 Å². The second-order valence-electron chi connectivity index (χ2n) is 7.42. The van der Waals surface area contributed by atoms with E-state index in [1.807, 2.05) is 36.9 Å². The number of carbonyl (C=O) groups is 2. The van der Waals surface area contributed by atoms with Crippen LogP contribution >= 0.6 is 0 Å². The van der Waals surface area contributed by atoms with Crippen LogP contribution in [0.25, 0.3) is 22.2 Å². The number of nitrogens with two attached hydrogens (primary N) is 1. The Hall–Kier alpha value is -4.40. The lowest BCUT2D eigenvalue weighted by Gasteiger charge is -2.18. The molecule has 0 saturated heterocycles. The molecule has 9 heteroatoms. The molecule has 0 radical (unpaired) electrons. The second kappa shape index (κ2) is 8.38. The van der Waals surface area contributed by atoms with Crippen molar-refractivity contribution in [3.8, 4) is 11.1 Å². The number of aromatic nitrogens is 3. The van der Waals surface area contributed by atoms with Gasteiger partial charge in [-0.25, -0.2) is 14.8 Å². The van der Waals surface area contributed by atoms with Gasteiger partial charge >= 0.3 is 6.09 Å². The Kier molecular flexibility index (Phi) is 5.46. The molecule has 4 aromatic rings. The van der Waals surface area contributed by atoms with E-state index < -0.39 is 18.0 Å². The second-order valence-corrected chi connectivity index (χ2v) is 7.42. The molecule has 2 heterocycles. The molecule has 0 aliphatic rings. The topological polar surface area (TPSA) is 135 Å². The van der Waals surface area contributed by atoms with E-state index in [1.165, 1.54) is 6.33 Å². The van der Waals surface area contributed by atoms with Crippen molar-refractivity contribution in [2.24, 2.45) is 7.05 Å². The number of fused-ring (bicyclic) bond motifs is 1. The number of carbonyl (C=O) groups excluding carboxylic acids is 1. The Morgan fingerprint density at radius 1 is 1.09 bits per heavy atom. The van der Waals surface area contributed by atoms with Crippen molar-refractivity contribution >= 4 is 34.5 Å². The highest BCUT2D eigenvalue weighted by Gasteiger charge is 2.23. The summed E-state index contributed by atoms with van der Waals surface area (Å²) in [4.78, 5) is 32.5. The fraction of sp³-hybridized carbons (Fsp3) is 0.130. The molecule has 2 aromatic heterocycles. The van der Waals surface area contributed by atoms with Crippen molar-refractivity contribution in [3.63, 3.8) is 0 Å². The molecule has 0 saturated carbocycles. The first-order valence-electron chi connectivity index (χ1n) is 9.87. The van der Waals surface area contributed by atoms with Gasteiger partial charge in [0.2, 0.25) is 0 Å². The Balaban J connectivity index is 1.64. The molecule has 0 spiro atoms. The summed E-state index contributed by atoms with van der Waals surface area (Å²) in [6, 6.07) is 13.1. The molecule has 2 amide bonds. The minimum Gasteiger partial charge on any atom is -0.465 e. The van der Waals surface area contributed by atoms with Crippen LogP contribution in [0.15, 0.2) is 61.1 Å². The number of hydrogen-bond donors (Lipinski definition) is 4. The van der Waals surface area contributed by atoms with Crippen LogP contribution in [0, 0.1) is 6.92 Å². The maximum absolute atomic E-state index is 12.9. The lowest BCUT2D eigenvalue weighted by molar-refractivity contribution is -0.118. The summed E-state index contributed by atoms with van der Waals surface area (Å²) < 4.78 is 1.89. The number of carboxylic acid groups (broad SMARTS) is 1. The number of benzene rings is 2. The van der Waals surface area contributed by atoms with Gasteiger partial charge in [-0.05, 0) is 35.7 Å². The van der Waals surface area contributed by atoms with Gasteiger partial charge in [0.1, 0.15) is 23.8 Å². The molecule has 4 rings (SSSR count). The van der Waals surface area contributed by atoms with Crippen LogP contribution in [-0.2, 0) is 11.8 Å². The third-order valence-corrected chi connectivity index (χ3v) is 5.23. The van der Waals surface area contributed by atoms with Crippen LogP contribution in [0.2, 0.25) is 0 Å². The van der Waals surface area contributed by atoms with Gasteiger partial charge in [0, 0.05) is 24.5 Å². The zero-order valence-corrected chi connectivity index (χ0v) is 17.5.